The van der Waals surface area contributed by atoms with Gasteiger partial charge in [0.05, 0.1) is 23.1 Å². The number of nitrogens with two attached hydrogens (primary N) is 1. The van der Waals surface area contributed by atoms with E-state index in [2.05, 4.69) is 26.7 Å². The van der Waals surface area contributed by atoms with Crippen molar-refractivity contribution in [2.75, 3.05) is 18.5 Å². The number of aryl methyl sites for hydroxylation is 1. The minimum absolute atomic E-state index is 0.00311. The van der Waals surface area contributed by atoms with Gasteiger partial charge in [-0.25, -0.2) is 15.1 Å². The third-order valence-corrected chi connectivity index (χ3v) is 8.33. The number of allylic oxidation sites excluding steroid dienone is 2. The van der Waals surface area contributed by atoms with Gasteiger partial charge in [0.15, 0.2) is 0 Å². The first-order chi connectivity index (χ1) is 17.7. The Bertz CT molecular complexity index is 1490. The van der Waals surface area contributed by atoms with E-state index in [1.807, 2.05) is 31.2 Å². The number of halogens is 1. The van der Waals surface area contributed by atoms with Crippen LogP contribution < -0.4 is 15.8 Å². The van der Waals surface area contributed by atoms with E-state index in [4.69, 9.17) is 20.9 Å². The summed E-state index contributed by atoms with van der Waals surface area (Å²) in [7, 11) is -3.98. The van der Waals surface area contributed by atoms with Crippen molar-refractivity contribution in [3.05, 3.63) is 85.6 Å². The quantitative estimate of drug-likeness (QED) is 0.354. The zero-order valence-electron chi connectivity index (χ0n) is 20.0. The van der Waals surface area contributed by atoms with E-state index in [0.29, 0.717) is 34.1 Å². The molecular formula is C25H26ClN5O4S2. The van der Waals surface area contributed by atoms with Crippen LogP contribution in [0, 0.1) is 12.8 Å². The summed E-state index contributed by atoms with van der Waals surface area (Å²) in [5.74, 6) is 0.195. The van der Waals surface area contributed by atoms with Crippen molar-refractivity contribution >= 4 is 44.8 Å². The lowest BCUT2D eigenvalue weighted by Crippen LogP contribution is -2.30. The monoisotopic (exact) mass is 559 g/mol. The highest BCUT2D eigenvalue weighted by molar-refractivity contribution is 7.84. The summed E-state index contributed by atoms with van der Waals surface area (Å²) in [6.45, 7) is 2.86. The van der Waals surface area contributed by atoms with Crippen molar-refractivity contribution in [1.82, 2.24) is 15.3 Å². The second-order valence-electron chi connectivity index (χ2n) is 9.15. The molecule has 1 aliphatic carbocycles. The molecule has 194 valence electrons. The van der Waals surface area contributed by atoms with Gasteiger partial charge in [0, 0.05) is 28.3 Å². The van der Waals surface area contributed by atoms with Gasteiger partial charge in [-0.2, -0.15) is 8.42 Å². The van der Waals surface area contributed by atoms with Crippen LogP contribution in [-0.2, 0) is 20.9 Å². The number of ketones is 1. The molecule has 0 spiro atoms. The number of anilines is 1. The number of aromatic nitrogens is 2. The fourth-order valence-electron chi connectivity index (χ4n) is 4.78. The summed E-state index contributed by atoms with van der Waals surface area (Å²) >= 11 is 7.74. The van der Waals surface area contributed by atoms with Crippen molar-refractivity contribution < 1.29 is 17.4 Å². The third kappa shape index (κ3) is 5.92. The van der Waals surface area contributed by atoms with E-state index in [1.54, 1.807) is 0 Å². The number of carbonyl (C=O) groups is 1. The van der Waals surface area contributed by atoms with E-state index in [0.717, 1.165) is 34.7 Å². The maximum atomic E-state index is 13.6. The molecule has 9 nitrogen and oxygen atoms in total. The van der Waals surface area contributed by atoms with Gasteiger partial charge >= 0.3 is 10.3 Å². The van der Waals surface area contributed by atoms with Crippen LogP contribution in [0.1, 0.15) is 55.7 Å². The summed E-state index contributed by atoms with van der Waals surface area (Å²) < 4.78 is 26.9. The Hall–Kier alpha value is -2.67. The summed E-state index contributed by atoms with van der Waals surface area (Å²) in [5.41, 5.74) is 4.64. The molecule has 0 radical (unpaired) electrons. The Balaban J connectivity index is 1.35. The highest BCUT2D eigenvalue weighted by Gasteiger charge is 2.27. The second kappa shape index (κ2) is 10.6. The van der Waals surface area contributed by atoms with Gasteiger partial charge in [-0.1, -0.05) is 23.7 Å². The second-order valence-corrected chi connectivity index (χ2v) is 12.1. The van der Waals surface area contributed by atoms with E-state index < -0.39 is 10.3 Å². The summed E-state index contributed by atoms with van der Waals surface area (Å²) in [6, 6.07) is 7.89. The van der Waals surface area contributed by atoms with Crippen LogP contribution in [0.3, 0.4) is 0 Å². The number of thiophene rings is 1. The number of fused-ring (bicyclic) bond motifs is 1. The van der Waals surface area contributed by atoms with E-state index in [-0.39, 0.29) is 24.3 Å². The molecule has 2 atom stereocenters. The maximum Gasteiger partial charge on any atom is 0.333 e. The molecule has 1 unspecified atom stereocenters. The van der Waals surface area contributed by atoms with Gasteiger partial charge in [-0.3, -0.25) is 8.98 Å². The first kappa shape index (κ1) is 26.0. The Labute approximate surface area is 224 Å². The molecule has 0 saturated carbocycles. The predicted molar refractivity (Wildman–Crippen MR) is 143 cm³/mol. The van der Waals surface area contributed by atoms with Crippen LogP contribution in [-0.4, -0.2) is 37.3 Å². The summed E-state index contributed by atoms with van der Waals surface area (Å²) in [6.07, 6.45) is 6.94. The van der Waals surface area contributed by atoms with Gasteiger partial charge < -0.3 is 10.6 Å². The van der Waals surface area contributed by atoms with Gasteiger partial charge in [0.1, 0.15) is 12.1 Å². The van der Waals surface area contributed by atoms with Crippen molar-refractivity contribution in [3.8, 4) is 0 Å². The average molecular weight is 560 g/mol. The number of nitrogens with one attached hydrogen (secondary N) is 2. The van der Waals surface area contributed by atoms with Crippen LogP contribution in [0.15, 0.2) is 48.6 Å². The zero-order valence-corrected chi connectivity index (χ0v) is 22.4. The molecule has 0 saturated heterocycles. The lowest BCUT2D eigenvalue weighted by Gasteiger charge is -2.27. The molecule has 3 heterocycles. The standard InChI is InChI=1S/C25H26ClN5O4S2/c1-14-19(23-20-9-17(26)4-3-16(20)6-7-29-23)10-22(36-14)24(32)21-11-28-13-30-25(21)31-18-5-2-15(8-18)12-35-37(27,33)34/h3-5,9-11,13,15,23,29H,2,6-8,12H2,1H3,(H2,27,33,34)(H,28,30,31)/t15-,23?/m1/s1. The number of hydrogen-bond donors (Lipinski definition) is 3. The number of carbonyl (C=O) groups excluding carboxylic acids is 1. The number of benzene rings is 1. The normalized spacial score (nSPS) is 19.4. The summed E-state index contributed by atoms with van der Waals surface area (Å²) in [5, 5.41) is 12.4. The lowest BCUT2D eigenvalue weighted by atomic mass is 9.90. The molecule has 1 aromatic carbocycles. The molecule has 2 aliphatic rings. The van der Waals surface area contributed by atoms with Crippen molar-refractivity contribution in [1.29, 1.82) is 0 Å². The molecule has 4 N–H and O–H groups in total. The van der Waals surface area contributed by atoms with Gasteiger partial charge in [0.2, 0.25) is 5.78 Å². The predicted octanol–water partition coefficient (Wildman–Crippen LogP) is 3.89. The van der Waals surface area contributed by atoms with Crippen molar-refractivity contribution in [2.45, 2.75) is 32.2 Å². The SMILES string of the molecule is Cc1sc(C(=O)c2cncnc2NC2=CC[C@@H](COS(N)(=O)=O)C2)cc1C1NCCc2ccc(Cl)cc21. The lowest BCUT2D eigenvalue weighted by molar-refractivity contribution is 0.104. The van der Waals surface area contributed by atoms with Gasteiger partial charge in [-0.05, 0) is 67.0 Å². The molecule has 1 aliphatic heterocycles. The van der Waals surface area contributed by atoms with Crippen LogP contribution in [0.5, 0.6) is 0 Å². The molecular weight excluding hydrogens is 534 g/mol. The minimum Gasteiger partial charge on any atom is -0.343 e. The largest absolute Gasteiger partial charge is 0.343 e. The molecule has 0 amide bonds. The molecule has 2 aromatic heterocycles. The maximum absolute atomic E-state index is 13.6. The number of nitrogens with zero attached hydrogens (tertiary/aromatic N) is 2. The molecule has 3 aromatic rings. The topological polar surface area (TPSA) is 136 Å². The molecule has 12 heteroatoms. The van der Waals surface area contributed by atoms with E-state index in [9.17, 15) is 13.2 Å². The molecule has 0 bridgehead atoms. The Morgan fingerprint density at radius 1 is 1.32 bits per heavy atom. The Kier molecular flexibility index (Phi) is 7.44. The van der Waals surface area contributed by atoms with Gasteiger partial charge in [-0.15, -0.1) is 11.3 Å². The van der Waals surface area contributed by atoms with Gasteiger partial charge in [0.25, 0.3) is 0 Å². The number of rotatable bonds is 8. The fraction of sp³-hybridized carbons (Fsp3) is 0.320. The van der Waals surface area contributed by atoms with E-state index >= 15 is 0 Å². The highest BCUT2D eigenvalue weighted by atomic mass is 35.5. The smallest absolute Gasteiger partial charge is 0.333 e. The summed E-state index contributed by atoms with van der Waals surface area (Å²) in [4.78, 5) is 23.6. The zero-order chi connectivity index (χ0) is 26.2. The minimum atomic E-state index is -3.98. The fourth-order valence-corrected chi connectivity index (χ4v) is 6.36. The molecule has 5 rings (SSSR count). The van der Waals surface area contributed by atoms with Crippen molar-refractivity contribution in [2.24, 2.45) is 11.1 Å². The van der Waals surface area contributed by atoms with Crippen LogP contribution in [0.4, 0.5) is 5.82 Å². The Morgan fingerprint density at radius 3 is 2.97 bits per heavy atom. The number of hydrogen-bond acceptors (Lipinski definition) is 9. The van der Waals surface area contributed by atoms with Crippen molar-refractivity contribution in [3.63, 3.8) is 0 Å². The van der Waals surface area contributed by atoms with E-state index in [1.165, 1.54) is 29.4 Å². The first-order valence-electron chi connectivity index (χ1n) is 11.8. The first-order valence-corrected chi connectivity index (χ1v) is 14.4. The average Bonchev–Trinajstić information content (AvgIpc) is 3.48. The molecule has 0 fully saturated rings. The highest BCUT2D eigenvalue weighted by Crippen LogP contribution is 2.37. The Morgan fingerprint density at radius 2 is 2.16 bits per heavy atom. The van der Waals surface area contributed by atoms with Crippen LogP contribution >= 0.6 is 22.9 Å². The third-order valence-electron chi connectivity index (χ3n) is 6.56. The van der Waals surface area contributed by atoms with Crippen LogP contribution in [0.25, 0.3) is 0 Å². The van der Waals surface area contributed by atoms with Crippen LogP contribution in [0.2, 0.25) is 5.02 Å². The molecule has 37 heavy (non-hydrogen) atoms.